The molecule has 0 spiro atoms. The Kier molecular flexibility index (Phi) is 8.36. The Morgan fingerprint density at radius 1 is 0.967 bits per heavy atom. The third-order valence-corrected chi connectivity index (χ3v) is 4.48. The highest BCUT2D eigenvalue weighted by Crippen LogP contribution is 2.17. The molecule has 9 N–H and O–H groups in total. The van der Waals surface area contributed by atoms with E-state index in [1.54, 1.807) is 0 Å². The lowest BCUT2D eigenvalue weighted by atomic mass is 10.0. The Balaban J connectivity index is 1.74. The first-order chi connectivity index (χ1) is 14.3. The van der Waals surface area contributed by atoms with Crippen molar-refractivity contribution in [2.45, 2.75) is 32.1 Å². The summed E-state index contributed by atoms with van der Waals surface area (Å²) in [5.74, 6) is -1.23. The van der Waals surface area contributed by atoms with E-state index in [1.807, 2.05) is 24.3 Å². The molecule has 10 nitrogen and oxygen atoms in total. The van der Waals surface area contributed by atoms with Gasteiger partial charge in [-0.25, -0.2) is 9.97 Å². The van der Waals surface area contributed by atoms with Gasteiger partial charge in [0.2, 0.25) is 5.91 Å². The van der Waals surface area contributed by atoms with Crippen LogP contribution in [-0.2, 0) is 17.6 Å². The number of nitrogens with one attached hydrogen (secondary N) is 1. The lowest BCUT2D eigenvalue weighted by molar-refractivity contribution is -0.117. The number of hydrogen-bond acceptors (Lipinski definition) is 7. The third kappa shape index (κ3) is 7.21. The van der Waals surface area contributed by atoms with Crippen molar-refractivity contribution in [3.8, 4) is 0 Å². The van der Waals surface area contributed by atoms with Crippen LogP contribution in [0.25, 0.3) is 0 Å². The van der Waals surface area contributed by atoms with Crippen LogP contribution in [-0.4, -0.2) is 34.3 Å². The lowest BCUT2D eigenvalue weighted by Gasteiger charge is -2.07. The Labute approximate surface area is 179 Å². The van der Waals surface area contributed by atoms with E-state index in [-0.39, 0.29) is 34.3 Å². The molecule has 0 atom stereocenters. The summed E-state index contributed by atoms with van der Waals surface area (Å²) in [6.07, 6.45) is 3.57. The first-order valence-corrected chi connectivity index (χ1v) is 9.70. The van der Waals surface area contributed by atoms with Crippen molar-refractivity contribution < 1.29 is 9.59 Å². The van der Waals surface area contributed by atoms with Crippen LogP contribution < -0.4 is 28.3 Å². The van der Waals surface area contributed by atoms with Gasteiger partial charge < -0.3 is 22.9 Å². The van der Waals surface area contributed by atoms with Crippen LogP contribution in [0.5, 0.6) is 0 Å². The van der Waals surface area contributed by atoms with Crippen LogP contribution in [0.4, 0.5) is 11.6 Å². The molecule has 2 amide bonds. The summed E-state index contributed by atoms with van der Waals surface area (Å²) >= 11 is 5.76. The minimum absolute atomic E-state index is 0.0482. The van der Waals surface area contributed by atoms with Crippen molar-refractivity contribution in [1.29, 1.82) is 0 Å². The second kappa shape index (κ2) is 11.0. The van der Waals surface area contributed by atoms with E-state index in [1.165, 1.54) is 5.56 Å². The van der Waals surface area contributed by atoms with Gasteiger partial charge in [-0.15, -0.1) is 0 Å². The summed E-state index contributed by atoms with van der Waals surface area (Å²) in [6.45, 7) is 0.451. The highest BCUT2D eigenvalue weighted by Gasteiger charge is 2.16. The van der Waals surface area contributed by atoms with Gasteiger partial charge in [0.1, 0.15) is 0 Å². The third-order valence-electron chi connectivity index (χ3n) is 4.20. The molecule has 2 rings (SSSR count). The summed E-state index contributed by atoms with van der Waals surface area (Å²) in [6, 6.07) is 8.08. The number of nitrogen functional groups attached to an aromatic ring is 2. The number of aliphatic imine (C=N–C) groups is 1. The fraction of sp³-hybridized carbons (Fsp3) is 0.316. The van der Waals surface area contributed by atoms with Crippen molar-refractivity contribution in [1.82, 2.24) is 15.3 Å². The normalized spacial score (nSPS) is 11.3. The second-order valence-electron chi connectivity index (χ2n) is 6.59. The van der Waals surface area contributed by atoms with Gasteiger partial charge >= 0.3 is 0 Å². The summed E-state index contributed by atoms with van der Waals surface area (Å²) in [4.78, 5) is 34.6. The zero-order valence-corrected chi connectivity index (χ0v) is 17.2. The number of guanidine groups is 1. The molecule has 0 aliphatic heterocycles. The highest BCUT2D eigenvalue weighted by atomic mass is 35.5. The smallest absolute Gasteiger partial charge is 0.280 e. The summed E-state index contributed by atoms with van der Waals surface area (Å²) in [5.41, 5.74) is 24.1. The Morgan fingerprint density at radius 2 is 1.60 bits per heavy atom. The van der Waals surface area contributed by atoms with Crippen molar-refractivity contribution in [2.24, 2.45) is 16.5 Å². The number of carbonyl (C=O) groups excluding carboxylic acids is 2. The van der Waals surface area contributed by atoms with E-state index in [0.717, 1.165) is 24.8 Å². The molecule has 0 saturated heterocycles. The molecule has 0 radical (unpaired) electrons. The number of carbonyl (C=O) groups is 2. The number of halogens is 1. The van der Waals surface area contributed by atoms with E-state index >= 15 is 0 Å². The number of anilines is 2. The standard InChI is InChI=1S/C19H25ClN8O2/c20-15-17(23)27-16(22)14(26-15)18(30)28-19(24)25-10-2-1-3-11-4-6-12(7-5-11)8-9-13(21)29/h4-7H,1-3,8-10H2,(H2,21,29)(H4,22,23,27)(H3,24,25,28,30). The van der Waals surface area contributed by atoms with Crippen molar-refractivity contribution in [2.75, 3.05) is 18.0 Å². The first kappa shape index (κ1) is 22.9. The number of nitrogens with zero attached hydrogens (tertiary/aromatic N) is 3. The van der Waals surface area contributed by atoms with Crippen LogP contribution >= 0.6 is 11.6 Å². The zero-order valence-electron chi connectivity index (χ0n) is 16.4. The minimum Gasteiger partial charge on any atom is -0.382 e. The van der Waals surface area contributed by atoms with Gasteiger partial charge in [-0.05, 0) is 36.8 Å². The summed E-state index contributed by atoms with van der Waals surface area (Å²) in [5, 5.41) is 2.27. The largest absolute Gasteiger partial charge is 0.382 e. The molecule has 11 heteroatoms. The van der Waals surface area contributed by atoms with E-state index in [0.29, 0.717) is 19.4 Å². The SMILES string of the molecule is NC(=O)CCc1ccc(CCCCN=C(N)NC(=O)c2nc(Cl)c(N)nc2N)cc1. The second-order valence-corrected chi connectivity index (χ2v) is 6.95. The van der Waals surface area contributed by atoms with Crippen LogP contribution in [0.1, 0.15) is 40.9 Å². The van der Waals surface area contributed by atoms with E-state index in [2.05, 4.69) is 20.3 Å². The van der Waals surface area contributed by atoms with Crippen LogP contribution in [0.15, 0.2) is 29.3 Å². The van der Waals surface area contributed by atoms with E-state index < -0.39 is 5.91 Å². The topological polar surface area (TPSA) is 188 Å². The van der Waals surface area contributed by atoms with Gasteiger partial charge in [0.25, 0.3) is 5.91 Å². The number of benzene rings is 1. The molecular weight excluding hydrogens is 408 g/mol. The maximum absolute atomic E-state index is 12.1. The Hall–Kier alpha value is -3.40. The van der Waals surface area contributed by atoms with Gasteiger partial charge in [-0.1, -0.05) is 35.9 Å². The number of amides is 2. The van der Waals surface area contributed by atoms with Crippen LogP contribution in [0.2, 0.25) is 5.15 Å². The number of primary amides is 1. The molecule has 0 bridgehead atoms. The Bertz CT molecular complexity index is 931. The molecule has 0 aliphatic carbocycles. The molecule has 0 fully saturated rings. The van der Waals surface area contributed by atoms with E-state index in [9.17, 15) is 9.59 Å². The maximum Gasteiger partial charge on any atom is 0.280 e. The average Bonchev–Trinajstić information content (AvgIpc) is 2.69. The number of hydrogen-bond donors (Lipinski definition) is 5. The predicted molar refractivity (Wildman–Crippen MR) is 117 cm³/mol. The fourth-order valence-electron chi connectivity index (χ4n) is 2.60. The van der Waals surface area contributed by atoms with Gasteiger partial charge in [0.15, 0.2) is 28.4 Å². The molecule has 2 aromatic rings. The van der Waals surface area contributed by atoms with Crippen molar-refractivity contribution in [3.05, 3.63) is 46.2 Å². The number of aromatic nitrogens is 2. The molecule has 0 saturated carbocycles. The maximum atomic E-state index is 12.1. The minimum atomic E-state index is -0.667. The van der Waals surface area contributed by atoms with Crippen LogP contribution in [0, 0.1) is 0 Å². The van der Waals surface area contributed by atoms with Crippen LogP contribution in [0.3, 0.4) is 0 Å². The molecule has 0 unspecified atom stereocenters. The molecule has 1 aromatic heterocycles. The molecule has 30 heavy (non-hydrogen) atoms. The Morgan fingerprint density at radius 3 is 2.23 bits per heavy atom. The van der Waals surface area contributed by atoms with Gasteiger partial charge in [-0.3, -0.25) is 19.9 Å². The molecule has 1 aromatic carbocycles. The number of aryl methyl sites for hydroxylation is 2. The zero-order chi connectivity index (χ0) is 22.1. The molecule has 0 aliphatic rings. The predicted octanol–water partition coefficient (Wildman–Crippen LogP) is 0.780. The van der Waals surface area contributed by atoms with Crippen molar-refractivity contribution in [3.63, 3.8) is 0 Å². The number of unbranched alkanes of at least 4 members (excludes halogenated alkanes) is 1. The van der Waals surface area contributed by atoms with Crippen molar-refractivity contribution >= 4 is 41.0 Å². The average molecular weight is 433 g/mol. The molecule has 160 valence electrons. The fourth-order valence-corrected chi connectivity index (χ4v) is 2.73. The lowest BCUT2D eigenvalue weighted by Crippen LogP contribution is -2.38. The first-order valence-electron chi connectivity index (χ1n) is 9.32. The molecule has 1 heterocycles. The van der Waals surface area contributed by atoms with Gasteiger partial charge in [-0.2, -0.15) is 0 Å². The quantitative estimate of drug-likeness (QED) is 0.219. The van der Waals surface area contributed by atoms with Gasteiger partial charge in [0, 0.05) is 13.0 Å². The van der Waals surface area contributed by atoms with Gasteiger partial charge in [0.05, 0.1) is 0 Å². The highest BCUT2D eigenvalue weighted by molar-refractivity contribution is 6.31. The summed E-state index contributed by atoms with van der Waals surface area (Å²) < 4.78 is 0. The molecular formula is C19H25ClN8O2. The monoisotopic (exact) mass is 432 g/mol. The number of nitrogens with two attached hydrogens (primary N) is 4. The number of rotatable bonds is 9. The summed E-state index contributed by atoms with van der Waals surface area (Å²) in [7, 11) is 0. The van der Waals surface area contributed by atoms with E-state index in [4.69, 9.17) is 34.5 Å².